The van der Waals surface area contributed by atoms with Crippen LogP contribution in [0.1, 0.15) is 41.0 Å². The Morgan fingerprint density at radius 3 is 2.48 bits per heavy atom. The zero-order chi connectivity index (χ0) is 21.1. The average molecular weight is 393 g/mol. The van der Waals surface area contributed by atoms with Crippen molar-refractivity contribution in [2.24, 2.45) is 5.92 Å². The first-order valence-electron chi connectivity index (χ1n) is 9.86. The fourth-order valence-electron chi connectivity index (χ4n) is 4.18. The molecule has 1 aromatic heterocycles. The Bertz CT molecular complexity index is 917. The number of rotatable bonds is 5. The number of urea groups is 1. The Morgan fingerprint density at radius 1 is 1.17 bits per heavy atom. The molecule has 0 saturated heterocycles. The van der Waals surface area contributed by atoms with Gasteiger partial charge in [0.1, 0.15) is 17.5 Å². The van der Waals surface area contributed by atoms with E-state index in [9.17, 15) is 14.4 Å². The second-order valence-corrected chi connectivity index (χ2v) is 7.78. The Morgan fingerprint density at radius 2 is 1.86 bits per heavy atom. The van der Waals surface area contributed by atoms with Crippen LogP contribution >= 0.6 is 0 Å². The van der Waals surface area contributed by atoms with Crippen molar-refractivity contribution < 1.29 is 14.4 Å². The standard InChI is InChI=1S/C23H27N3O3/c1-14-11-15(2)20(16(3)12-14)21-18(27)13-17(22(21)28)8-10-25-23(29)26(4)19-7-5-6-9-24-19/h5-7,9,11-12,17,21H,8,10,13H2,1-4H3,(H,25,29). The molecule has 1 aromatic carbocycles. The van der Waals surface area contributed by atoms with Gasteiger partial charge in [-0.25, -0.2) is 9.78 Å². The molecule has 1 heterocycles. The summed E-state index contributed by atoms with van der Waals surface area (Å²) >= 11 is 0. The predicted octanol–water partition coefficient (Wildman–Crippen LogP) is 3.48. The van der Waals surface area contributed by atoms with Gasteiger partial charge in [-0.15, -0.1) is 0 Å². The number of Topliss-reactive ketones (excluding diaryl/α,β-unsaturated/α-hetero) is 2. The third-order valence-corrected chi connectivity index (χ3v) is 5.55. The van der Waals surface area contributed by atoms with Crippen LogP contribution in [0.15, 0.2) is 36.5 Å². The highest BCUT2D eigenvalue weighted by atomic mass is 16.2. The van der Waals surface area contributed by atoms with Gasteiger partial charge in [0.2, 0.25) is 0 Å². The Labute approximate surface area is 171 Å². The SMILES string of the molecule is Cc1cc(C)c(C2C(=O)CC(CCNC(=O)N(C)c3ccccn3)C2=O)c(C)c1. The van der Waals surface area contributed by atoms with Crippen LogP contribution in [0.5, 0.6) is 0 Å². The van der Waals surface area contributed by atoms with E-state index in [-0.39, 0.29) is 29.9 Å². The maximum absolute atomic E-state index is 13.0. The van der Waals surface area contributed by atoms with Crippen LogP contribution in [0, 0.1) is 26.7 Å². The minimum atomic E-state index is -0.674. The second-order valence-electron chi connectivity index (χ2n) is 7.78. The van der Waals surface area contributed by atoms with Crippen molar-refractivity contribution in [1.82, 2.24) is 10.3 Å². The average Bonchev–Trinajstić information content (AvgIpc) is 2.95. The van der Waals surface area contributed by atoms with Gasteiger partial charge in [-0.3, -0.25) is 14.5 Å². The van der Waals surface area contributed by atoms with E-state index in [1.54, 1.807) is 25.4 Å². The highest BCUT2D eigenvalue weighted by Crippen LogP contribution is 2.37. The molecule has 0 aliphatic heterocycles. The number of nitrogens with zero attached hydrogens (tertiary/aromatic N) is 2. The van der Waals surface area contributed by atoms with E-state index >= 15 is 0 Å². The Hall–Kier alpha value is -3.02. The molecule has 1 aliphatic rings. The number of ketones is 2. The Balaban J connectivity index is 1.62. The van der Waals surface area contributed by atoms with E-state index in [2.05, 4.69) is 10.3 Å². The Kier molecular flexibility index (Phi) is 6.11. The molecule has 1 saturated carbocycles. The van der Waals surface area contributed by atoms with Crippen LogP contribution in [-0.2, 0) is 9.59 Å². The van der Waals surface area contributed by atoms with E-state index < -0.39 is 5.92 Å². The highest BCUT2D eigenvalue weighted by molar-refractivity contribution is 6.15. The number of aryl methyl sites for hydroxylation is 3. The largest absolute Gasteiger partial charge is 0.338 e. The minimum absolute atomic E-state index is 0.0213. The fraction of sp³-hybridized carbons (Fsp3) is 0.391. The van der Waals surface area contributed by atoms with E-state index in [1.165, 1.54) is 4.90 Å². The third-order valence-electron chi connectivity index (χ3n) is 5.55. The van der Waals surface area contributed by atoms with Gasteiger partial charge >= 0.3 is 6.03 Å². The molecule has 1 N–H and O–H groups in total. The van der Waals surface area contributed by atoms with Crippen molar-refractivity contribution in [3.63, 3.8) is 0 Å². The van der Waals surface area contributed by atoms with Crippen LogP contribution in [0.2, 0.25) is 0 Å². The number of pyridine rings is 1. The predicted molar refractivity (Wildman–Crippen MR) is 112 cm³/mol. The molecule has 2 atom stereocenters. The van der Waals surface area contributed by atoms with E-state index in [0.717, 1.165) is 22.3 Å². The van der Waals surface area contributed by atoms with Crippen molar-refractivity contribution >= 4 is 23.4 Å². The molecule has 0 spiro atoms. The lowest BCUT2D eigenvalue weighted by atomic mass is 9.86. The molecule has 29 heavy (non-hydrogen) atoms. The first kappa shape index (κ1) is 20.7. The summed E-state index contributed by atoms with van der Waals surface area (Å²) in [6, 6.07) is 9.08. The summed E-state index contributed by atoms with van der Waals surface area (Å²) in [5.74, 6) is -0.535. The number of anilines is 1. The van der Waals surface area contributed by atoms with Gasteiger partial charge in [0.05, 0.1) is 0 Å². The molecule has 2 unspecified atom stereocenters. The normalized spacial score (nSPS) is 18.8. The second kappa shape index (κ2) is 8.55. The zero-order valence-corrected chi connectivity index (χ0v) is 17.4. The molecule has 0 radical (unpaired) electrons. The van der Waals surface area contributed by atoms with Gasteiger partial charge in [0, 0.05) is 32.1 Å². The first-order chi connectivity index (χ1) is 13.8. The lowest BCUT2D eigenvalue weighted by molar-refractivity contribution is -0.124. The van der Waals surface area contributed by atoms with E-state index in [1.807, 2.05) is 39.0 Å². The first-order valence-corrected chi connectivity index (χ1v) is 9.86. The highest BCUT2D eigenvalue weighted by Gasteiger charge is 2.42. The summed E-state index contributed by atoms with van der Waals surface area (Å²) in [6.07, 6.45) is 2.31. The van der Waals surface area contributed by atoms with Crippen LogP contribution < -0.4 is 10.2 Å². The van der Waals surface area contributed by atoms with E-state index in [0.29, 0.717) is 18.8 Å². The quantitative estimate of drug-likeness (QED) is 0.789. The number of nitrogens with one attached hydrogen (secondary N) is 1. The molecule has 6 nitrogen and oxygen atoms in total. The molecule has 6 heteroatoms. The van der Waals surface area contributed by atoms with Crippen molar-refractivity contribution in [1.29, 1.82) is 0 Å². The molecule has 152 valence electrons. The van der Waals surface area contributed by atoms with Crippen molar-refractivity contribution in [3.05, 3.63) is 58.8 Å². The molecule has 0 bridgehead atoms. The number of hydrogen-bond acceptors (Lipinski definition) is 4. The topological polar surface area (TPSA) is 79.4 Å². The summed E-state index contributed by atoms with van der Waals surface area (Å²) in [4.78, 5) is 43.5. The summed E-state index contributed by atoms with van der Waals surface area (Å²) in [5.41, 5.74) is 3.95. The maximum atomic E-state index is 13.0. The lowest BCUT2D eigenvalue weighted by Gasteiger charge is -2.18. The number of hydrogen-bond donors (Lipinski definition) is 1. The summed E-state index contributed by atoms with van der Waals surface area (Å²) in [5, 5.41) is 2.81. The van der Waals surface area contributed by atoms with Gasteiger partial charge in [0.15, 0.2) is 5.78 Å². The number of amides is 2. The van der Waals surface area contributed by atoms with Crippen LogP contribution in [0.25, 0.3) is 0 Å². The monoisotopic (exact) mass is 393 g/mol. The maximum Gasteiger partial charge on any atom is 0.322 e. The summed E-state index contributed by atoms with van der Waals surface area (Å²) < 4.78 is 0. The summed E-state index contributed by atoms with van der Waals surface area (Å²) in [7, 11) is 1.64. The molecule has 2 aromatic rings. The van der Waals surface area contributed by atoms with Gasteiger partial charge in [0.25, 0.3) is 0 Å². The molecule has 2 amide bonds. The summed E-state index contributed by atoms with van der Waals surface area (Å²) in [6.45, 7) is 6.25. The molecule has 1 fully saturated rings. The van der Waals surface area contributed by atoms with Crippen LogP contribution in [0.4, 0.5) is 10.6 Å². The zero-order valence-electron chi connectivity index (χ0n) is 17.4. The molecule has 1 aliphatic carbocycles. The van der Waals surface area contributed by atoms with Crippen LogP contribution in [-0.4, -0.2) is 36.2 Å². The van der Waals surface area contributed by atoms with Crippen molar-refractivity contribution in [2.45, 2.75) is 39.5 Å². The molecule has 3 rings (SSSR count). The van der Waals surface area contributed by atoms with Gasteiger partial charge in [-0.2, -0.15) is 0 Å². The number of aromatic nitrogens is 1. The van der Waals surface area contributed by atoms with Crippen LogP contribution in [0.3, 0.4) is 0 Å². The van der Waals surface area contributed by atoms with Gasteiger partial charge < -0.3 is 5.32 Å². The van der Waals surface area contributed by atoms with Gasteiger partial charge in [-0.1, -0.05) is 23.8 Å². The minimum Gasteiger partial charge on any atom is -0.338 e. The third kappa shape index (κ3) is 4.36. The van der Waals surface area contributed by atoms with Crippen molar-refractivity contribution in [2.75, 3.05) is 18.5 Å². The van der Waals surface area contributed by atoms with E-state index in [4.69, 9.17) is 0 Å². The van der Waals surface area contributed by atoms with Gasteiger partial charge in [-0.05, 0) is 56.0 Å². The molecular weight excluding hydrogens is 366 g/mol. The van der Waals surface area contributed by atoms with Crippen molar-refractivity contribution in [3.8, 4) is 0 Å². The smallest absolute Gasteiger partial charge is 0.322 e. The number of benzene rings is 1. The fourth-order valence-corrected chi connectivity index (χ4v) is 4.18. The number of carbonyl (C=O) groups is 3. The molecular formula is C23H27N3O3. The number of carbonyl (C=O) groups excluding carboxylic acids is 3. The lowest BCUT2D eigenvalue weighted by Crippen LogP contribution is -2.38.